The van der Waals surface area contributed by atoms with Crippen molar-refractivity contribution >= 4 is 9.84 Å². The largest absolute Gasteiger partial charge is 0.218 e. The van der Waals surface area contributed by atoms with Gasteiger partial charge in [-0.25, -0.2) is 12.8 Å². The summed E-state index contributed by atoms with van der Waals surface area (Å²) in [5.74, 6) is -0.462. The summed E-state index contributed by atoms with van der Waals surface area (Å²) in [6.45, 7) is 0. The van der Waals surface area contributed by atoms with Gasteiger partial charge in [-0.3, -0.25) is 0 Å². The number of hydrogen-bond acceptors (Lipinski definition) is 2. The summed E-state index contributed by atoms with van der Waals surface area (Å²) in [7, 11) is -3.58. The van der Waals surface area contributed by atoms with Crippen molar-refractivity contribution in [3.63, 3.8) is 0 Å². The summed E-state index contributed by atoms with van der Waals surface area (Å²) in [6, 6.07) is 13.6. The Kier molecular flexibility index (Phi) is 2.75. The van der Waals surface area contributed by atoms with Crippen molar-refractivity contribution in [3.05, 3.63) is 60.4 Å². The summed E-state index contributed by atoms with van der Waals surface area (Å²) in [4.78, 5) is 0.151. The maximum absolute atomic E-state index is 12.7. The van der Waals surface area contributed by atoms with Gasteiger partial charge in [-0.15, -0.1) is 0 Å². The molecule has 1 radical (unpaired) electrons. The van der Waals surface area contributed by atoms with E-state index < -0.39 is 15.7 Å². The van der Waals surface area contributed by atoms with Gasteiger partial charge in [0.1, 0.15) is 5.82 Å². The Labute approximate surface area is 93.3 Å². The lowest BCUT2D eigenvalue weighted by Gasteiger charge is -2.03. The Balaban J connectivity index is 2.52. The van der Waals surface area contributed by atoms with Crippen LogP contribution in [0.15, 0.2) is 58.3 Å². The number of hydrogen-bond donors (Lipinski definition) is 0. The molecule has 0 amide bonds. The summed E-state index contributed by atoms with van der Waals surface area (Å²) in [5.41, 5.74) is 0. The van der Waals surface area contributed by atoms with Crippen LogP contribution in [0.25, 0.3) is 0 Å². The van der Waals surface area contributed by atoms with E-state index in [4.69, 9.17) is 0 Å². The Bertz CT molecular complexity index is 574. The summed E-state index contributed by atoms with van der Waals surface area (Å²) in [5, 5.41) is 0. The fourth-order valence-electron chi connectivity index (χ4n) is 1.28. The first-order valence-corrected chi connectivity index (χ1v) is 6.06. The smallest absolute Gasteiger partial charge is 0.207 e. The quantitative estimate of drug-likeness (QED) is 0.749. The molecule has 2 aromatic carbocycles. The molecule has 0 N–H and O–H groups in total. The van der Waals surface area contributed by atoms with E-state index in [1.807, 2.05) is 0 Å². The van der Waals surface area contributed by atoms with E-state index in [0.717, 1.165) is 12.1 Å². The second-order valence-electron chi connectivity index (χ2n) is 3.18. The molecule has 0 aliphatic rings. The van der Waals surface area contributed by atoms with Crippen molar-refractivity contribution in [2.24, 2.45) is 0 Å². The van der Waals surface area contributed by atoms with Gasteiger partial charge in [0.2, 0.25) is 9.84 Å². The third-order valence-electron chi connectivity index (χ3n) is 2.09. The lowest BCUT2D eigenvalue weighted by Crippen LogP contribution is -2.01. The zero-order valence-electron chi connectivity index (χ0n) is 8.22. The molecule has 16 heavy (non-hydrogen) atoms. The minimum absolute atomic E-state index is 0.0661. The van der Waals surface area contributed by atoms with Crippen LogP contribution >= 0.6 is 0 Å². The van der Waals surface area contributed by atoms with Crippen molar-refractivity contribution in [2.45, 2.75) is 9.79 Å². The van der Waals surface area contributed by atoms with Gasteiger partial charge in [-0.1, -0.05) is 18.2 Å². The van der Waals surface area contributed by atoms with Crippen LogP contribution in [0.2, 0.25) is 0 Å². The van der Waals surface area contributed by atoms with Crippen molar-refractivity contribution in [3.8, 4) is 0 Å². The molecular weight excluding hydrogens is 227 g/mol. The highest BCUT2D eigenvalue weighted by Crippen LogP contribution is 2.19. The van der Waals surface area contributed by atoms with Gasteiger partial charge in [-0.05, 0) is 30.3 Å². The fourth-order valence-corrected chi connectivity index (χ4v) is 2.51. The first-order valence-electron chi connectivity index (χ1n) is 4.58. The molecule has 2 nitrogen and oxygen atoms in total. The average Bonchev–Trinajstić information content (AvgIpc) is 2.31. The van der Waals surface area contributed by atoms with E-state index in [2.05, 4.69) is 6.07 Å². The molecule has 2 rings (SSSR count). The molecule has 0 bridgehead atoms. The Hall–Kier alpha value is -1.68. The molecule has 0 aliphatic heterocycles. The van der Waals surface area contributed by atoms with Gasteiger partial charge in [0.15, 0.2) is 0 Å². The molecule has 0 fully saturated rings. The van der Waals surface area contributed by atoms with E-state index in [-0.39, 0.29) is 9.79 Å². The molecule has 0 saturated carbocycles. The topological polar surface area (TPSA) is 34.1 Å². The van der Waals surface area contributed by atoms with E-state index >= 15 is 0 Å². The van der Waals surface area contributed by atoms with E-state index in [9.17, 15) is 12.8 Å². The van der Waals surface area contributed by atoms with Crippen LogP contribution in [0.5, 0.6) is 0 Å². The number of benzene rings is 2. The van der Waals surface area contributed by atoms with Crippen LogP contribution in [-0.2, 0) is 9.84 Å². The standard InChI is InChI=1S/C12H8FO2S/c13-10-6-8-12(9-7-10)16(14,15)11-4-2-1-3-5-11/h1-4,6-9H. The predicted molar refractivity (Wildman–Crippen MR) is 57.1 cm³/mol. The summed E-state index contributed by atoms with van der Waals surface area (Å²) >= 11 is 0. The van der Waals surface area contributed by atoms with Crippen molar-refractivity contribution < 1.29 is 12.8 Å². The van der Waals surface area contributed by atoms with Crippen LogP contribution in [0.3, 0.4) is 0 Å². The van der Waals surface area contributed by atoms with Gasteiger partial charge in [0.05, 0.1) is 9.79 Å². The van der Waals surface area contributed by atoms with Gasteiger partial charge >= 0.3 is 0 Å². The fraction of sp³-hybridized carbons (Fsp3) is 0. The molecular formula is C12H8FO2S. The lowest BCUT2D eigenvalue weighted by atomic mass is 10.3. The first kappa shape index (κ1) is 10.8. The highest BCUT2D eigenvalue weighted by Gasteiger charge is 2.16. The van der Waals surface area contributed by atoms with Crippen molar-refractivity contribution in [1.29, 1.82) is 0 Å². The Morgan fingerprint density at radius 1 is 1.00 bits per heavy atom. The maximum atomic E-state index is 12.7. The van der Waals surface area contributed by atoms with E-state index in [1.165, 1.54) is 24.3 Å². The summed E-state index contributed by atoms with van der Waals surface area (Å²) < 4.78 is 36.7. The second kappa shape index (κ2) is 4.06. The molecule has 0 heterocycles. The molecule has 0 spiro atoms. The highest BCUT2D eigenvalue weighted by molar-refractivity contribution is 7.91. The van der Waals surface area contributed by atoms with E-state index in [0.29, 0.717) is 0 Å². The molecule has 81 valence electrons. The van der Waals surface area contributed by atoms with Gasteiger partial charge in [-0.2, -0.15) is 0 Å². The highest BCUT2D eigenvalue weighted by atomic mass is 32.2. The Morgan fingerprint density at radius 2 is 1.69 bits per heavy atom. The maximum Gasteiger partial charge on any atom is 0.207 e. The van der Waals surface area contributed by atoms with Crippen LogP contribution in [0.4, 0.5) is 4.39 Å². The summed E-state index contributed by atoms with van der Waals surface area (Å²) in [6.07, 6.45) is 0. The van der Waals surface area contributed by atoms with Crippen LogP contribution in [-0.4, -0.2) is 8.42 Å². The van der Waals surface area contributed by atoms with Gasteiger partial charge in [0.25, 0.3) is 0 Å². The van der Waals surface area contributed by atoms with Crippen molar-refractivity contribution in [1.82, 2.24) is 0 Å². The molecule has 4 heteroatoms. The molecule has 0 saturated heterocycles. The minimum atomic E-state index is -3.58. The predicted octanol–water partition coefficient (Wildman–Crippen LogP) is 2.46. The zero-order chi connectivity index (χ0) is 11.6. The molecule has 0 atom stereocenters. The van der Waals surface area contributed by atoms with Gasteiger partial charge < -0.3 is 0 Å². The van der Waals surface area contributed by atoms with Crippen LogP contribution in [0, 0.1) is 11.9 Å². The second-order valence-corrected chi connectivity index (χ2v) is 5.10. The average molecular weight is 235 g/mol. The van der Waals surface area contributed by atoms with Gasteiger partial charge in [0, 0.05) is 6.07 Å². The number of halogens is 1. The molecule has 2 aromatic rings. The van der Waals surface area contributed by atoms with E-state index in [1.54, 1.807) is 12.1 Å². The monoisotopic (exact) mass is 235 g/mol. The third-order valence-corrected chi connectivity index (χ3v) is 3.82. The Morgan fingerprint density at radius 3 is 2.25 bits per heavy atom. The van der Waals surface area contributed by atoms with Crippen LogP contribution < -0.4 is 0 Å². The van der Waals surface area contributed by atoms with Crippen molar-refractivity contribution in [2.75, 3.05) is 0 Å². The normalized spacial score (nSPS) is 11.3. The zero-order valence-corrected chi connectivity index (χ0v) is 9.04. The number of sulfone groups is 1. The third kappa shape index (κ3) is 1.97. The molecule has 0 aliphatic carbocycles. The SMILES string of the molecule is O=S(=O)(c1[c]cccc1)c1ccc(F)cc1. The molecule has 0 aromatic heterocycles. The van der Waals surface area contributed by atoms with Crippen LogP contribution in [0.1, 0.15) is 0 Å². The molecule has 0 unspecified atom stereocenters. The number of rotatable bonds is 2. The minimum Gasteiger partial charge on any atom is -0.218 e. The lowest BCUT2D eigenvalue weighted by molar-refractivity contribution is 0.594. The first-order chi connectivity index (χ1) is 7.60.